The predicted octanol–water partition coefficient (Wildman–Crippen LogP) is 19.1. The second kappa shape index (κ2) is 32.8. The van der Waals surface area contributed by atoms with E-state index in [1.165, 1.54) is 26.9 Å². The molecule has 0 atom stereocenters. The van der Waals surface area contributed by atoms with Crippen molar-refractivity contribution in [1.29, 1.82) is 0 Å². The van der Waals surface area contributed by atoms with E-state index in [2.05, 4.69) is 246 Å². The first-order chi connectivity index (χ1) is 35.9. The summed E-state index contributed by atoms with van der Waals surface area (Å²) in [6.45, 7) is 43.5. The van der Waals surface area contributed by atoms with Crippen molar-refractivity contribution in [3.05, 3.63) is 108 Å². The van der Waals surface area contributed by atoms with Gasteiger partial charge in [0.05, 0.1) is 39.0 Å². The van der Waals surface area contributed by atoms with Crippen LogP contribution in [0.2, 0.25) is 33.2 Å². The Balaban J connectivity index is 0.000000445. The number of rotatable bonds is 10. The van der Waals surface area contributed by atoms with E-state index in [0.29, 0.717) is 33.2 Å². The number of thiophene rings is 4. The van der Waals surface area contributed by atoms with E-state index in [1.54, 1.807) is 61.7 Å². The van der Waals surface area contributed by atoms with E-state index in [1.807, 2.05) is 24.3 Å². The van der Waals surface area contributed by atoms with Crippen molar-refractivity contribution in [2.75, 3.05) is 0 Å². The zero-order valence-corrected chi connectivity index (χ0v) is 57.3. The summed E-state index contributed by atoms with van der Waals surface area (Å²) in [6.07, 6.45) is 9.41. The summed E-state index contributed by atoms with van der Waals surface area (Å²) >= 11 is 8.82. The van der Waals surface area contributed by atoms with Gasteiger partial charge in [-0.25, -0.2) is 0 Å². The van der Waals surface area contributed by atoms with E-state index < -0.39 is 27.3 Å². The lowest BCUT2D eigenvalue weighted by atomic mass is 10.1. The number of halogens is 1. The van der Waals surface area contributed by atoms with Gasteiger partial charge >= 0.3 is 0 Å². The second-order valence-electron chi connectivity index (χ2n) is 22.1. The second-order valence-corrected chi connectivity index (χ2v) is 38.9. The lowest BCUT2D eigenvalue weighted by molar-refractivity contribution is 0.143. The van der Waals surface area contributed by atoms with Crippen LogP contribution in [0.15, 0.2) is 68.8 Å². The SMILES string of the molecule is C#Cc1ccc(C#CC(C)(C)O)s1.CCC/C(C#Cc1ccc(C#CC(C)(C)O)s1)=C(/C)C#Cc1ccc(C#C[Si](C(C)C)(C(C)C)C(C)C)s1.CCC/C(I)=C(/C)C#Cc1ccc(C#C[Si](C(C)C)(C(C)C)C(C)C)s1. The maximum absolute atomic E-state index is 9.81. The number of hydrogen-bond donors (Lipinski definition) is 2. The normalized spacial score (nSPS) is 11.9. The van der Waals surface area contributed by atoms with Crippen LogP contribution in [0.1, 0.15) is 203 Å². The predicted molar refractivity (Wildman–Crippen MR) is 357 cm³/mol. The average molecular weight is 1250 g/mol. The van der Waals surface area contributed by atoms with Gasteiger partial charge in [-0.3, -0.25) is 0 Å². The molecule has 0 unspecified atom stereocenters. The number of allylic oxidation sites excluding steroid dienone is 4. The van der Waals surface area contributed by atoms with Gasteiger partial charge in [-0.1, -0.05) is 187 Å². The van der Waals surface area contributed by atoms with Crippen molar-refractivity contribution in [1.82, 2.24) is 0 Å². The van der Waals surface area contributed by atoms with Gasteiger partial charge in [-0.2, -0.15) is 0 Å². The van der Waals surface area contributed by atoms with Gasteiger partial charge in [-0.15, -0.1) is 62.9 Å². The molecule has 0 spiro atoms. The molecule has 0 aliphatic rings. The van der Waals surface area contributed by atoms with E-state index in [-0.39, 0.29) is 0 Å². The third-order valence-corrected chi connectivity index (χ3v) is 30.6. The highest BCUT2D eigenvalue weighted by molar-refractivity contribution is 14.1. The first-order valence-corrected chi connectivity index (χ1v) is 35.8. The fraction of sp³-hybridized carbons (Fsp3) is 0.471. The van der Waals surface area contributed by atoms with Crippen LogP contribution in [0.5, 0.6) is 0 Å². The van der Waals surface area contributed by atoms with Gasteiger partial charge < -0.3 is 10.2 Å². The van der Waals surface area contributed by atoms with E-state index in [9.17, 15) is 10.2 Å². The molecular formula is C68H85IO2S4Si2. The molecule has 0 bridgehead atoms. The summed E-state index contributed by atoms with van der Waals surface area (Å²) < 4.78 is 1.37. The number of terminal acetylenes is 1. The van der Waals surface area contributed by atoms with Crippen LogP contribution in [0, 0.1) is 94.5 Å². The van der Waals surface area contributed by atoms with Gasteiger partial charge in [0.15, 0.2) is 0 Å². The summed E-state index contributed by atoms with van der Waals surface area (Å²) in [6, 6.07) is 16.1. The summed E-state index contributed by atoms with van der Waals surface area (Å²) in [5.41, 5.74) is 12.9. The van der Waals surface area contributed by atoms with E-state index >= 15 is 0 Å². The zero-order valence-electron chi connectivity index (χ0n) is 49.9. The van der Waals surface area contributed by atoms with Crippen molar-refractivity contribution in [3.63, 3.8) is 0 Å². The minimum Gasteiger partial charge on any atom is -0.378 e. The maximum Gasteiger partial charge on any atom is 0.146 e. The van der Waals surface area contributed by atoms with Crippen molar-refractivity contribution in [2.24, 2.45) is 0 Å². The average Bonchev–Trinajstić information content (AvgIpc) is 4.19. The summed E-state index contributed by atoms with van der Waals surface area (Å²) in [5.74, 6) is 41.1. The molecule has 9 heteroatoms. The van der Waals surface area contributed by atoms with E-state index in [4.69, 9.17) is 6.42 Å². The highest BCUT2D eigenvalue weighted by Gasteiger charge is 2.42. The Bertz CT molecular complexity index is 3100. The summed E-state index contributed by atoms with van der Waals surface area (Å²) in [5, 5.41) is 19.1. The van der Waals surface area contributed by atoms with E-state index in [0.717, 1.165) is 69.4 Å². The molecule has 0 saturated carbocycles. The summed E-state index contributed by atoms with van der Waals surface area (Å²) in [7, 11) is -3.40. The molecule has 4 aromatic rings. The van der Waals surface area contributed by atoms with Crippen molar-refractivity contribution in [2.45, 2.75) is 209 Å². The standard InChI is InChI=1S/C34H42OS2Si.C23H33ISSi.C11H10OS/c1-11-12-29(14-16-31-17-19-32(36-31)21-23-34(9,10)35)28(8)13-15-30-18-20-33(37-30)22-24-38(25(2)3,26(4)5)27(6)7;1-9-10-23(24)20(8)11-12-21-13-14-22(25-21)15-16-26(17(2)3,18(4)5)19(6)7;1-4-9-5-6-10(13-9)7-8-11(2,3)12/h17-20,25-27,35H,11-12H2,1-10H3;13-14,17-19H,9-10H2,1-8H3;1,5-6,12H,2-3H3/b29-28+;23-20+;. The van der Waals surface area contributed by atoms with Gasteiger partial charge in [0.25, 0.3) is 0 Å². The maximum atomic E-state index is 9.81. The molecule has 0 aromatic carbocycles. The Morgan fingerprint density at radius 3 is 1.05 bits per heavy atom. The monoisotopic (exact) mass is 1240 g/mol. The van der Waals surface area contributed by atoms with Crippen LogP contribution in [0.3, 0.4) is 0 Å². The molecule has 2 N–H and O–H groups in total. The van der Waals surface area contributed by atoms with Crippen LogP contribution < -0.4 is 0 Å². The number of aliphatic hydroxyl groups is 2. The lowest BCUT2D eigenvalue weighted by Gasteiger charge is -2.38. The van der Waals surface area contributed by atoms with Gasteiger partial charge in [0.2, 0.25) is 0 Å². The Kier molecular flexibility index (Phi) is 29.4. The Morgan fingerprint density at radius 2 is 0.753 bits per heavy atom. The third-order valence-electron chi connectivity index (χ3n) is 13.0. The molecule has 4 rings (SSSR count). The molecule has 0 aliphatic heterocycles. The van der Waals surface area contributed by atoms with Crippen molar-refractivity contribution >= 4 is 84.1 Å². The van der Waals surface area contributed by atoms with Crippen LogP contribution in [-0.2, 0) is 0 Å². The molecule has 0 fully saturated rings. The quantitative estimate of drug-likeness (QED) is 0.0944. The molecule has 2 nitrogen and oxygen atoms in total. The smallest absolute Gasteiger partial charge is 0.146 e. The molecule has 4 heterocycles. The first kappa shape index (κ1) is 69.0. The molecular weight excluding hydrogens is 1160 g/mol. The van der Waals surface area contributed by atoms with Gasteiger partial charge in [0.1, 0.15) is 27.3 Å². The Labute approximate surface area is 500 Å². The van der Waals surface area contributed by atoms with Crippen LogP contribution in [0.4, 0.5) is 0 Å². The highest BCUT2D eigenvalue weighted by Crippen LogP contribution is 2.42. The zero-order chi connectivity index (χ0) is 58.3. The highest BCUT2D eigenvalue weighted by atomic mass is 127. The minimum absolute atomic E-state index is 0.626. The van der Waals surface area contributed by atoms with Crippen LogP contribution in [0.25, 0.3) is 0 Å². The van der Waals surface area contributed by atoms with Crippen LogP contribution >= 0.6 is 67.9 Å². The van der Waals surface area contributed by atoms with Crippen molar-refractivity contribution < 1.29 is 10.2 Å². The molecule has 0 amide bonds. The number of hydrogen-bond acceptors (Lipinski definition) is 6. The minimum atomic E-state index is -1.74. The molecule has 4 aromatic heterocycles. The molecule has 408 valence electrons. The molecule has 0 radical (unpaired) electrons. The Hall–Kier alpha value is -4.16. The van der Waals surface area contributed by atoms with Gasteiger partial charge in [0, 0.05) is 20.3 Å². The summed E-state index contributed by atoms with van der Waals surface area (Å²) in [4.78, 5) is 8.01. The Morgan fingerprint density at radius 1 is 0.468 bits per heavy atom. The topological polar surface area (TPSA) is 40.5 Å². The fourth-order valence-corrected chi connectivity index (χ4v) is 23.2. The van der Waals surface area contributed by atoms with Gasteiger partial charge in [-0.05, 0) is 159 Å². The van der Waals surface area contributed by atoms with Crippen LogP contribution in [-0.4, -0.2) is 37.6 Å². The molecule has 77 heavy (non-hydrogen) atoms. The lowest BCUT2D eigenvalue weighted by Crippen LogP contribution is -2.43. The fourth-order valence-electron chi connectivity index (χ4n) is 9.13. The first-order valence-electron chi connectivity index (χ1n) is 27.0. The molecule has 0 aliphatic carbocycles. The largest absolute Gasteiger partial charge is 0.378 e. The third kappa shape index (κ3) is 23.2. The van der Waals surface area contributed by atoms with Crippen molar-refractivity contribution in [3.8, 4) is 94.5 Å². The molecule has 0 saturated heterocycles.